The molecule has 2 aromatic carbocycles. The lowest BCUT2D eigenvalue weighted by Gasteiger charge is -2.31. The molecule has 1 aliphatic rings. The molecule has 0 saturated carbocycles. The standard InChI is InChI=1S/C26H29F3N2O/c1-3-18-6-5-9-21-23(16-30-25(18)21)22(15-24(32)31-12-10-17(2)11-13-31)19-7-4-8-20(14-19)26(27,28)29/h4-9,14,16-17,22,30H,3,10-13,15H2,1-2H3/t22-/m0/s1. The summed E-state index contributed by atoms with van der Waals surface area (Å²) >= 11 is 0. The van der Waals surface area contributed by atoms with E-state index in [-0.39, 0.29) is 12.3 Å². The molecule has 1 aliphatic heterocycles. The average molecular weight is 443 g/mol. The number of aromatic amines is 1. The summed E-state index contributed by atoms with van der Waals surface area (Å²) in [5, 5.41) is 0.965. The van der Waals surface area contributed by atoms with Crippen LogP contribution in [-0.2, 0) is 17.4 Å². The number of likely N-dealkylation sites (tertiary alicyclic amines) is 1. The summed E-state index contributed by atoms with van der Waals surface area (Å²) in [4.78, 5) is 18.4. The minimum Gasteiger partial charge on any atom is -0.361 e. The highest BCUT2D eigenvalue weighted by Crippen LogP contribution is 2.38. The van der Waals surface area contributed by atoms with E-state index in [1.54, 1.807) is 6.07 Å². The number of amides is 1. The van der Waals surface area contributed by atoms with Crippen LogP contribution in [0.4, 0.5) is 13.2 Å². The zero-order chi connectivity index (χ0) is 22.9. The molecule has 1 saturated heterocycles. The van der Waals surface area contributed by atoms with E-state index >= 15 is 0 Å². The van der Waals surface area contributed by atoms with E-state index in [0.29, 0.717) is 24.6 Å². The van der Waals surface area contributed by atoms with Crippen LogP contribution in [0.2, 0.25) is 0 Å². The van der Waals surface area contributed by atoms with E-state index in [1.165, 1.54) is 12.1 Å². The van der Waals surface area contributed by atoms with E-state index in [2.05, 4.69) is 18.8 Å². The van der Waals surface area contributed by atoms with Crippen molar-refractivity contribution in [1.29, 1.82) is 0 Å². The number of H-pyrrole nitrogens is 1. The van der Waals surface area contributed by atoms with Crippen LogP contribution in [-0.4, -0.2) is 28.9 Å². The molecule has 1 atom stereocenters. The number of hydrogen-bond acceptors (Lipinski definition) is 1. The molecule has 1 aromatic heterocycles. The zero-order valence-corrected chi connectivity index (χ0v) is 18.5. The number of carbonyl (C=O) groups is 1. The number of aryl methyl sites for hydroxylation is 1. The van der Waals surface area contributed by atoms with E-state index in [0.717, 1.165) is 47.4 Å². The smallest absolute Gasteiger partial charge is 0.361 e. The Balaban J connectivity index is 1.75. The topological polar surface area (TPSA) is 36.1 Å². The normalized spacial score (nSPS) is 16.5. The van der Waals surface area contributed by atoms with Crippen molar-refractivity contribution >= 4 is 16.8 Å². The molecule has 2 heterocycles. The largest absolute Gasteiger partial charge is 0.416 e. The Morgan fingerprint density at radius 3 is 2.56 bits per heavy atom. The van der Waals surface area contributed by atoms with Gasteiger partial charge in [-0.15, -0.1) is 0 Å². The van der Waals surface area contributed by atoms with Gasteiger partial charge in [0.15, 0.2) is 0 Å². The molecule has 170 valence electrons. The second kappa shape index (κ2) is 9.00. The van der Waals surface area contributed by atoms with E-state index in [4.69, 9.17) is 0 Å². The fourth-order valence-corrected chi connectivity index (χ4v) is 4.72. The van der Waals surface area contributed by atoms with Gasteiger partial charge in [0.25, 0.3) is 0 Å². The van der Waals surface area contributed by atoms with Crippen molar-refractivity contribution in [3.05, 3.63) is 70.9 Å². The number of halogens is 3. The number of nitrogens with one attached hydrogen (secondary N) is 1. The van der Waals surface area contributed by atoms with Crippen LogP contribution in [0.25, 0.3) is 10.9 Å². The summed E-state index contributed by atoms with van der Waals surface area (Å²) < 4.78 is 40.3. The Morgan fingerprint density at radius 1 is 1.16 bits per heavy atom. The number of hydrogen-bond donors (Lipinski definition) is 1. The van der Waals surface area contributed by atoms with Gasteiger partial charge >= 0.3 is 6.18 Å². The molecule has 0 aliphatic carbocycles. The van der Waals surface area contributed by atoms with Crippen molar-refractivity contribution in [2.24, 2.45) is 5.92 Å². The Hall–Kier alpha value is -2.76. The Labute approximate surface area is 186 Å². The molecule has 1 amide bonds. The van der Waals surface area contributed by atoms with Crippen LogP contribution in [0.3, 0.4) is 0 Å². The first-order valence-electron chi connectivity index (χ1n) is 11.3. The predicted molar refractivity (Wildman–Crippen MR) is 121 cm³/mol. The number of fused-ring (bicyclic) bond motifs is 1. The van der Waals surface area contributed by atoms with Gasteiger partial charge in [-0.05, 0) is 47.9 Å². The van der Waals surface area contributed by atoms with Crippen LogP contribution in [0, 0.1) is 5.92 Å². The van der Waals surface area contributed by atoms with Crippen LogP contribution in [0.15, 0.2) is 48.7 Å². The number of carbonyl (C=O) groups excluding carboxylic acids is 1. The highest BCUT2D eigenvalue weighted by atomic mass is 19.4. The summed E-state index contributed by atoms with van der Waals surface area (Å²) in [7, 11) is 0. The van der Waals surface area contributed by atoms with E-state index in [9.17, 15) is 18.0 Å². The van der Waals surface area contributed by atoms with Crippen LogP contribution in [0.5, 0.6) is 0 Å². The number of alkyl halides is 3. The Kier molecular flexibility index (Phi) is 6.31. The van der Waals surface area contributed by atoms with Crippen molar-refractivity contribution in [3.63, 3.8) is 0 Å². The van der Waals surface area contributed by atoms with Crippen molar-refractivity contribution < 1.29 is 18.0 Å². The quantitative estimate of drug-likeness (QED) is 0.479. The SMILES string of the molecule is CCc1cccc2c([C@@H](CC(=O)N3CCC(C)CC3)c3cccc(C(F)(F)F)c3)c[nH]c12. The van der Waals surface area contributed by atoms with Gasteiger partial charge in [-0.3, -0.25) is 4.79 Å². The number of nitrogens with zero attached hydrogens (tertiary/aromatic N) is 1. The first-order valence-corrected chi connectivity index (χ1v) is 11.3. The summed E-state index contributed by atoms with van der Waals surface area (Å²) in [5.41, 5.74) is 2.83. The second-order valence-electron chi connectivity index (χ2n) is 8.88. The number of para-hydroxylation sites is 1. The monoisotopic (exact) mass is 442 g/mol. The maximum atomic E-state index is 13.4. The van der Waals surface area contributed by atoms with Gasteiger partial charge in [-0.2, -0.15) is 13.2 Å². The Morgan fingerprint density at radius 2 is 1.88 bits per heavy atom. The van der Waals surface area contributed by atoms with Crippen LogP contribution < -0.4 is 0 Å². The van der Waals surface area contributed by atoms with Gasteiger partial charge in [0.1, 0.15) is 0 Å². The van der Waals surface area contributed by atoms with Crippen molar-refractivity contribution in [2.45, 2.75) is 51.6 Å². The summed E-state index contributed by atoms with van der Waals surface area (Å²) in [5.74, 6) is 0.143. The third-order valence-electron chi connectivity index (χ3n) is 6.72. The van der Waals surface area contributed by atoms with E-state index in [1.807, 2.05) is 29.3 Å². The first-order chi connectivity index (χ1) is 15.3. The molecule has 0 unspecified atom stereocenters. The summed E-state index contributed by atoms with van der Waals surface area (Å²) in [6.07, 6.45) is 0.360. The molecular formula is C26H29F3N2O. The van der Waals surface area contributed by atoms with Crippen LogP contribution >= 0.6 is 0 Å². The molecule has 0 spiro atoms. The van der Waals surface area contributed by atoms with Crippen molar-refractivity contribution in [2.75, 3.05) is 13.1 Å². The first kappa shape index (κ1) is 22.4. The molecule has 32 heavy (non-hydrogen) atoms. The molecule has 0 radical (unpaired) electrons. The maximum Gasteiger partial charge on any atom is 0.416 e. The highest BCUT2D eigenvalue weighted by molar-refractivity contribution is 5.88. The fourth-order valence-electron chi connectivity index (χ4n) is 4.72. The van der Waals surface area contributed by atoms with Gasteiger partial charge in [-0.1, -0.05) is 50.2 Å². The predicted octanol–water partition coefficient (Wildman–Crippen LogP) is 6.53. The van der Waals surface area contributed by atoms with Gasteiger partial charge in [0.2, 0.25) is 5.91 Å². The Bertz CT molecular complexity index is 1090. The van der Waals surface area contributed by atoms with Gasteiger partial charge in [0, 0.05) is 42.5 Å². The lowest BCUT2D eigenvalue weighted by molar-refractivity contribution is -0.137. The lowest BCUT2D eigenvalue weighted by atomic mass is 9.86. The summed E-state index contributed by atoms with van der Waals surface area (Å²) in [6, 6.07) is 11.4. The molecule has 6 heteroatoms. The molecule has 3 nitrogen and oxygen atoms in total. The molecule has 1 fully saturated rings. The summed E-state index contributed by atoms with van der Waals surface area (Å²) in [6.45, 7) is 5.68. The van der Waals surface area contributed by atoms with E-state index < -0.39 is 17.7 Å². The van der Waals surface area contributed by atoms with Crippen molar-refractivity contribution in [1.82, 2.24) is 9.88 Å². The number of aromatic nitrogens is 1. The minimum atomic E-state index is -4.43. The third-order valence-corrected chi connectivity index (χ3v) is 6.72. The molecule has 1 N–H and O–H groups in total. The lowest BCUT2D eigenvalue weighted by Crippen LogP contribution is -2.38. The van der Waals surface area contributed by atoms with Gasteiger partial charge in [-0.25, -0.2) is 0 Å². The molecular weight excluding hydrogens is 413 g/mol. The molecule has 0 bridgehead atoms. The van der Waals surface area contributed by atoms with Gasteiger partial charge < -0.3 is 9.88 Å². The van der Waals surface area contributed by atoms with Gasteiger partial charge in [0.05, 0.1) is 5.56 Å². The number of piperidine rings is 1. The molecule has 4 rings (SSSR count). The molecule has 3 aromatic rings. The fraction of sp³-hybridized carbons (Fsp3) is 0.423. The minimum absolute atomic E-state index is 0.000285. The third kappa shape index (κ3) is 4.54. The maximum absolute atomic E-state index is 13.4. The number of rotatable bonds is 5. The average Bonchev–Trinajstić information content (AvgIpc) is 3.21. The second-order valence-corrected chi connectivity index (χ2v) is 8.88. The zero-order valence-electron chi connectivity index (χ0n) is 18.5. The highest BCUT2D eigenvalue weighted by Gasteiger charge is 2.32. The number of benzene rings is 2. The van der Waals surface area contributed by atoms with Crippen LogP contribution in [0.1, 0.15) is 61.3 Å². The van der Waals surface area contributed by atoms with Crippen molar-refractivity contribution in [3.8, 4) is 0 Å².